The summed E-state index contributed by atoms with van der Waals surface area (Å²) in [6.45, 7) is 5.02. The predicted molar refractivity (Wildman–Crippen MR) is 99.8 cm³/mol. The van der Waals surface area contributed by atoms with Crippen LogP contribution in [0.3, 0.4) is 0 Å². The Balaban J connectivity index is 2.17. The highest BCUT2D eigenvalue weighted by molar-refractivity contribution is 6.34. The lowest BCUT2D eigenvalue weighted by atomic mass is 10.1. The van der Waals surface area contributed by atoms with Gasteiger partial charge in [0.1, 0.15) is 0 Å². The Morgan fingerprint density at radius 2 is 1.73 bits per heavy atom. The molecular formula is C18H18ClN3O4. The highest BCUT2D eigenvalue weighted by Crippen LogP contribution is 2.23. The maximum atomic E-state index is 12.3. The molecule has 0 atom stereocenters. The number of hydrogen-bond donors (Lipinski definition) is 1. The number of benzene rings is 2. The average Bonchev–Trinajstić information content (AvgIpc) is 2.63. The molecule has 2 rings (SSSR count). The number of anilines is 1. The number of hydrogen-bond acceptors (Lipinski definition) is 4. The van der Waals surface area contributed by atoms with Crippen molar-refractivity contribution in [2.45, 2.75) is 13.8 Å². The van der Waals surface area contributed by atoms with Crippen molar-refractivity contribution in [1.82, 2.24) is 4.90 Å². The molecule has 2 amide bonds. The number of carbonyl (C=O) groups excluding carboxylic acids is 2. The molecule has 2 aromatic carbocycles. The smallest absolute Gasteiger partial charge is 0.270 e. The number of nitrogens with one attached hydrogen (secondary N) is 1. The van der Waals surface area contributed by atoms with Crippen LogP contribution in [0.15, 0.2) is 42.5 Å². The van der Waals surface area contributed by atoms with E-state index in [1.165, 1.54) is 12.1 Å². The van der Waals surface area contributed by atoms with Crippen molar-refractivity contribution < 1.29 is 14.5 Å². The third-order valence-electron chi connectivity index (χ3n) is 3.85. The molecule has 1 N–H and O–H groups in total. The Morgan fingerprint density at radius 1 is 1.12 bits per heavy atom. The number of halogens is 1. The van der Waals surface area contributed by atoms with Gasteiger partial charge in [-0.05, 0) is 44.2 Å². The predicted octanol–water partition coefficient (Wildman–Crippen LogP) is 3.98. The number of nitrogens with zero attached hydrogens (tertiary/aromatic N) is 2. The molecule has 2 aromatic rings. The van der Waals surface area contributed by atoms with Crippen LogP contribution >= 0.6 is 11.6 Å². The zero-order valence-electron chi connectivity index (χ0n) is 14.4. The Hall–Kier alpha value is -2.93. The number of non-ortho nitro benzene ring substituents is 1. The molecule has 0 aliphatic heterocycles. The first-order chi connectivity index (χ1) is 12.4. The van der Waals surface area contributed by atoms with Gasteiger partial charge >= 0.3 is 0 Å². The molecule has 0 aliphatic carbocycles. The topological polar surface area (TPSA) is 92.6 Å². The first-order valence-corrected chi connectivity index (χ1v) is 8.39. The van der Waals surface area contributed by atoms with E-state index in [2.05, 4.69) is 5.32 Å². The molecule has 8 heteroatoms. The van der Waals surface area contributed by atoms with Crippen LogP contribution in [0.4, 0.5) is 11.4 Å². The van der Waals surface area contributed by atoms with Gasteiger partial charge in [-0.25, -0.2) is 0 Å². The third kappa shape index (κ3) is 4.37. The summed E-state index contributed by atoms with van der Waals surface area (Å²) in [5, 5.41) is 13.6. The second kappa shape index (κ2) is 8.44. The Morgan fingerprint density at radius 3 is 2.27 bits per heavy atom. The minimum Gasteiger partial charge on any atom is -0.339 e. The van der Waals surface area contributed by atoms with Gasteiger partial charge in [0.15, 0.2) is 0 Å². The van der Waals surface area contributed by atoms with Gasteiger partial charge in [0, 0.05) is 36.5 Å². The van der Waals surface area contributed by atoms with E-state index in [1.807, 2.05) is 13.8 Å². The maximum absolute atomic E-state index is 12.3. The molecule has 7 nitrogen and oxygen atoms in total. The monoisotopic (exact) mass is 375 g/mol. The first kappa shape index (κ1) is 19.4. The van der Waals surface area contributed by atoms with Crippen LogP contribution in [0.25, 0.3) is 0 Å². The first-order valence-electron chi connectivity index (χ1n) is 8.02. The number of nitro benzene ring substituents is 1. The fourth-order valence-electron chi connectivity index (χ4n) is 2.39. The zero-order valence-corrected chi connectivity index (χ0v) is 15.1. The van der Waals surface area contributed by atoms with Gasteiger partial charge in [0.25, 0.3) is 17.5 Å². The molecule has 0 spiro atoms. The number of rotatable bonds is 6. The van der Waals surface area contributed by atoms with E-state index in [4.69, 9.17) is 11.6 Å². The van der Waals surface area contributed by atoms with Gasteiger partial charge in [-0.15, -0.1) is 0 Å². The molecule has 0 aliphatic rings. The van der Waals surface area contributed by atoms with Gasteiger partial charge in [0.2, 0.25) is 0 Å². The van der Waals surface area contributed by atoms with Crippen molar-refractivity contribution in [3.63, 3.8) is 0 Å². The van der Waals surface area contributed by atoms with Crippen molar-refractivity contribution >= 4 is 34.8 Å². The maximum Gasteiger partial charge on any atom is 0.270 e. The summed E-state index contributed by atoms with van der Waals surface area (Å²) in [4.78, 5) is 36.5. The number of amides is 2. The molecule has 0 aromatic heterocycles. The van der Waals surface area contributed by atoms with Gasteiger partial charge in [-0.1, -0.05) is 11.6 Å². The Bertz CT molecular complexity index is 833. The molecular weight excluding hydrogens is 358 g/mol. The highest BCUT2D eigenvalue weighted by atomic mass is 35.5. The largest absolute Gasteiger partial charge is 0.339 e. The second-order valence-electron chi connectivity index (χ2n) is 5.43. The van der Waals surface area contributed by atoms with E-state index in [0.29, 0.717) is 24.3 Å². The second-order valence-corrected chi connectivity index (χ2v) is 5.84. The standard InChI is InChI=1S/C18H18ClN3O4/c1-3-21(4-2)18(24)12-5-7-13(8-6-12)20-17(23)15-11-14(22(25)26)9-10-16(15)19/h5-11H,3-4H2,1-2H3,(H,20,23). The number of carbonyl (C=O) groups is 2. The van der Waals surface area contributed by atoms with Gasteiger partial charge in [0.05, 0.1) is 15.5 Å². The lowest BCUT2D eigenvalue weighted by Gasteiger charge is -2.18. The van der Waals surface area contributed by atoms with Gasteiger partial charge in [-0.3, -0.25) is 19.7 Å². The molecule has 0 radical (unpaired) electrons. The van der Waals surface area contributed by atoms with E-state index in [9.17, 15) is 19.7 Å². The average molecular weight is 376 g/mol. The van der Waals surface area contributed by atoms with Crippen molar-refractivity contribution in [1.29, 1.82) is 0 Å². The third-order valence-corrected chi connectivity index (χ3v) is 4.18. The fraction of sp³-hybridized carbons (Fsp3) is 0.222. The van der Waals surface area contributed by atoms with E-state index >= 15 is 0 Å². The molecule has 0 fully saturated rings. The summed E-state index contributed by atoms with van der Waals surface area (Å²) >= 11 is 5.96. The Labute approximate surface area is 155 Å². The van der Waals surface area contributed by atoms with Gasteiger partial charge in [-0.2, -0.15) is 0 Å². The number of nitro groups is 1. The molecule has 0 bridgehead atoms. The van der Waals surface area contributed by atoms with Crippen LogP contribution in [0.2, 0.25) is 5.02 Å². The van der Waals surface area contributed by atoms with Crippen LogP contribution in [0.5, 0.6) is 0 Å². The van der Waals surface area contributed by atoms with Crippen LogP contribution in [-0.2, 0) is 0 Å². The van der Waals surface area contributed by atoms with Crippen LogP contribution in [0.1, 0.15) is 34.6 Å². The summed E-state index contributed by atoms with van der Waals surface area (Å²) in [5.41, 5.74) is 0.748. The van der Waals surface area contributed by atoms with Crippen molar-refractivity contribution in [2.24, 2.45) is 0 Å². The zero-order chi connectivity index (χ0) is 19.3. The quantitative estimate of drug-likeness (QED) is 0.610. The lowest BCUT2D eigenvalue weighted by Crippen LogP contribution is -2.30. The Kier molecular flexibility index (Phi) is 6.30. The molecule has 136 valence electrons. The van der Waals surface area contributed by atoms with Crippen molar-refractivity contribution in [2.75, 3.05) is 18.4 Å². The van der Waals surface area contributed by atoms with Gasteiger partial charge < -0.3 is 10.2 Å². The molecule has 0 unspecified atom stereocenters. The van der Waals surface area contributed by atoms with Crippen molar-refractivity contribution in [3.8, 4) is 0 Å². The highest BCUT2D eigenvalue weighted by Gasteiger charge is 2.17. The normalized spacial score (nSPS) is 10.3. The summed E-state index contributed by atoms with van der Waals surface area (Å²) in [6, 6.07) is 10.1. The van der Waals surface area contributed by atoms with Crippen molar-refractivity contribution in [3.05, 3.63) is 68.7 Å². The molecule has 0 saturated carbocycles. The van der Waals surface area contributed by atoms with E-state index < -0.39 is 10.8 Å². The fourth-order valence-corrected chi connectivity index (χ4v) is 2.59. The summed E-state index contributed by atoms with van der Waals surface area (Å²) in [5.74, 6) is -0.656. The molecule has 0 saturated heterocycles. The van der Waals surface area contributed by atoms with Crippen LogP contribution in [-0.4, -0.2) is 34.7 Å². The summed E-state index contributed by atoms with van der Waals surface area (Å²) in [6.07, 6.45) is 0. The van der Waals surface area contributed by atoms with E-state index in [0.717, 1.165) is 6.07 Å². The van der Waals surface area contributed by atoms with Crippen LogP contribution < -0.4 is 5.32 Å². The summed E-state index contributed by atoms with van der Waals surface area (Å²) in [7, 11) is 0. The van der Waals surface area contributed by atoms with E-state index in [1.54, 1.807) is 29.2 Å². The molecule has 0 heterocycles. The summed E-state index contributed by atoms with van der Waals surface area (Å²) < 4.78 is 0. The lowest BCUT2D eigenvalue weighted by molar-refractivity contribution is -0.384. The minimum atomic E-state index is -0.597. The van der Waals surface area contributed by atoms with Crippen LogP contribution in [0, 0.1) is 10.1 Å². The minimum absolute atomic E-state index is 0.00385. The van der Waals surface area contributed by atoms with E-state index in [-0.39, 0.29) is 22.2 Å². The SMILES string of the molecule is CCN(CC)C(=O)c1ccc(NC(=O)c2cc([N+](=O)[O-])ccc2Cl)cc1. The molecule has 26 heavy (non-hydrogen) atoms.